The van der Waals surface area contributed by atoms with Gasteiger partial charge in [0.15, 0.2) is 8.32 Å². The molecule has 0 aliphatic carbocycles. The van der Waals surface area contributed by atoms with Crippen LogP contribution in [0.2, 0.25) is 18.1 Å². The molecule has 1 heterocycles. The van der Waals surface area contributed by atoms with Crippen molar-refractivity contribution in [1.82, 2.24) is 0 Å². The van der Waals surface area contributed by atoms with Gasteiger partial charge in [0.25, 0.3) is 0 Å². The van der Waals surface area contributed by atoms with Crippen molar-refractivity contribution in [1.29, 1.82) is 0 Å². The Morgan fingerprint density at radius 1 is 1.10 bits per heavy atom. The maximum Gasteiger partial charge on any atom is 0.205 e. The molecule has 0 fully saturated rings. The van der Waals surface area contributed by atoms with Gasteiger partial charge in [-0.1, -0.05) is 64.7 Å². The van der Waals surface area contributed by atoms with E-state index in [2.05, 4.69) is 40.8 Å². The number of hydrogen-bond acceptors (Lipinski definition) is 4. The molecule has 0 spiro atoms. The smallest absolute Gasteiger partial charge is 0.205 e. The first kappa shape index (κ1) is 24.3. The molecule has 0 radical (unpaired) electrons. The summed E-state index contributed by atoms with van der Waals surface area (Å²) in [6.07, 6.45) is 4.93. The van der Waals surface area contributed by atoms with E-state index >= 15 is 0 Å². The van der Waals surface area contributed by atoms with Crippen molar-refractivity contribution in [2.45, 2.75) is 95.5 Å². The van der Waals surface area contributed by atoms with Gasteiger partial charge in [-0.3, -0.25) is 0 Å². The van der Waals surface area contributed by atoms with Gasteiger partial charge in [-0.05, 0) is 49.7 Å². The van der Waals surface area contributed by atoms with Crippen LogP contribution in [-0.4, -0.2) is 35.6 Å². The number of rotatable bonds is 9. The van der Waals surface area contributed by atoms with Crippen LogP contribution in [0.5, 0.6) is 0 Å². The van der Waals surface area contributed by atoms with Crippen LogP contribution in [-0.2, 0) is 19.0 Å². The number of hydrogen-bond donors (Lipinski definition) is 0. The Bertz CT molecular complexity index is 804. The summed E-state index contributed by atoms with van der Waals surface area (Å²) in [5.41, 5.74) is 1.04. The zero-order valence-electron chi connectivity index (χ0n) is 19.1. The van der Waals surface area contributed by atoms with E-state index in [4.69, 9.17) is 9.16 Å². The molecule has 4 nitrogen and oxygen atoms in total. The van der Waals surface area contributed by atoms with Crippen LogP contribution in [0.4, 0.5) is 0 Å². The fourth-order valence-electron chi connectivity index (χ4n) is 3.11. The summed E-state index contributed by atoms with van der Waals surface area (Å²) in [5, 5.41) is 0.104. The maximum absolute atomic E-state index is 13.3. The molecule has 2 atom stereocenters. The standard InChI is InChI=1S/C23H38O4SSi/c1-8-9-10-11-21-22(28(24,25)20-14-12-18(2)13-15-20)16-19(27-21)17-26-29(6,7)23(3,4)5/h12-16,19,21H,8-11,17H2,1-7H3/t19-,21+/m1/s1. The van der Waals surface area contributed by atoms with Gasteiger partial charge in [-0.25, -0.2) is 8.42 Å². The highest BCUT2D eigenvalue weighted by Crippen LogP contribution is 2.38. The number of benzene rings is 1. The second-order valence-electron chi connectivity index (χ2n) is 9.62. The first-order valence-corrected chi connectivity index (χ1v) is 15.1. The van der Waals surface area contributed by atoms with Gasteiger partial charge >= 0.3 is 0 Å². The van der Waals surface area contributed by atoms with Crippen LogP contribution in [0, 0.1) is 6.92 Å². The molecular formula is C23H38O4SSi. The van der Waals surface area contributed by atoms with Crippen LogP contribution in [0.3, 0.4) is 0 Å². The van der Waals surface area contributed by atoms with Crippen LogP contribution in [0.1, 0.15) is 58.9 Å². The summed E-state index contributed by atoms with van der Waals surface area (Å²) in [5.74, 6) is 0. The average Bonchev–Trinajstić information content (AvgIpc) is 3.04. The minimum absolute atomic E-state index is 0.104. The SMILES string of the molecule is CCCCC[C@@H]1O[C@@H](CO[Si](C)(C)C(C)(C)C)C=C1S(=O)(=O)c1ccc(C)cc1. The summed E-state index contributed by atoms with van der Waals surface area (Å²) in [7, 11) is -5.49. The van der Waals surface area contributed by atoms with Gasteiger partial charge in [0.05, 0.1) is 28.6 Å². The van der Waals surface area contributed by atoms with E-state index in [1.54, 1.807) is 18.2 Å². The Morgan fingerprint density at radius 3 is 2.28 bits per heavy atom. The molecule has 0 saturated heterocycles. The van der Waals surface area contributed by atoms with Crippen LogP contribution in [0.25, 0.3) is 0 Å². The monoisotopic (exact) mass is 438 g/mol. The zero-order chi connectivity index (χ0) is 21.9. The van der Waals surface area contributed by atoms with Crippen molar-refractivity contribution in [3.8, 4) is 0 Å². The van der Waals surface area contributed by atoms with E-state index in [0.29, 0.717) is 16.4 Å². The molecule has 6 heteroatoms. The molecular weight excluding hydrogens is 400 g/mol. The molecule has 29 heavy (non-hydrogen) atoms. The Hall–Kier alpha value is -0.953. The molecule has 0 N–H and O–H groups in total. The van der Waals surface area contributed by atoms with Gasteiger partial charge in [-0.2, -0.15) is 0 Å². The largest absolute Gasteiger partial charge is 0.414 e. The zero-order valence-corrected chi connectivity index (χ0v) is 20.9. The van der Waals surface area contributed by atoms with E-state index in [1.807, 2.05) is 19.1 Å². The first-order chi connectivity index (χ1) is 13.4. The summed E-state index contributed by atoms with van der Waals surface area (Å²) >= 11 is 0. The number of sulfone groups is 1. The van der Waals surface area contributed by atoms with Crippen molar-refractivity contribution >= 4 is 18.2 Å². The highest BCUT2D eigenvalue weighted by molar-refractivity contribution is 7.95. The Balaban J connectivity index is 2.24. The lowest BCUT2D eigenvalue weighted by Crippen LogP contribution is -2.42. The normalized spacial score (nSPS) is 20.7. The predicted octanol–water partition coefficient (Wildman–Crippen LogP) is 6.02. The van der Waals surface area contributed by atoms with Gasteiger partial charge < -0.3 is 9.16 Å². The molecule has 1 aliphatic rings. The Labute approximate surface area is 178 Å². The third-order valence-electron chi connectivity index (χ3n) is 6.13. The quantitative estimate of drug-likeness (QED) is 0.349. The molecule has 0 unspecified atom stereocenters. The topological polar surface area (TPSA) is 52.6 Å². The van der Waals surface area contributed by atoms with E-state index < -0.39 is 18.2 Å². The summed E-state index contributed by atoms with van der Waals surface area (Å²) in [4.78, 5) is 0.741. The van der Waals surface area contributed by atoms with Gasteiger partial charge in [0, 0.05) is 0 Å². The van der Waals surface area contributed by atoms with Crippen LogP contribution >= 0.6 is 0 Å². The third kappa shape index (κ3) is 6.03. The Kier molecular flexibility index (Phi) is 7.93. The molecule has 1 aromatic rings. The number of aryl methyl sites for hydroxylation is 1. The predicted molar refractivity (Wildman–Crippen MR) is 122 cm³/mol. The van der Waals surface area contributed by atoms with Crippen LogP contribution in [0.15, 0.2) is 40.1 Å². The minimum Gasteiger partial charge on any atom is -0.414 e. The lowest BCUT2D eigenvalue weighted by atomic mass is 10.1. The molecule has 1 aromatic carbocycles. The molecule has 0 aromatic heterocycles. The molecule has 164 valence electrons. The van der Waals surface area contributed by atoms with E-state index in [9.17, 15) is 8.42 Å². The highest BCUT2D eigenvalue weighted by Gasteiger charge is 2.40. The van der Waals surface area contributed by atoms with E-state index in [1.165, 1.54) is 0 Å². The average molecular weight is 439 g/mol. The van der Waals surface area contributed by atoms with Crippen molar-refractivity contribution < 1.29 is 17.6 Å². The Morgan fingerprint density at radius 2 is 1.72 bits per heavy atom. The van der Waals surface area contributed by atoms with Crippen molar-refractivity contribution in [3.05, 3.63) is 40.8 Å². The van der Waals surface area contributed by atoms with Crippen LogP contribution < -0.4 is 0 Å². The van der Waals surface area contributed by atoms with Crippen molar-refractivity contribution in [2.75, 3.05) is 6.61 Å². The third-order valence-corrected chi connectivity index (χ3v) is 12.5. The fraction of sp³-hybridized carbons (Fsp3) is 0.652. The minimum atomic E-state index is -3.56. The molecule has 1 aliphatic heterocycles. The molecule has 0 amide bonds. The molecule has 2 rings (SSSR count). The lowest BCUT2D eigenvalue weighted by Gasteiger charge is -2.36. The second-order valence-corrected chi connectivity index (χ2v) is 16.4. The molecule has 0 saturated carbocycles. The fourth-order valence-corrected chi connectivity index (χ4v) is 5.74. The first-order valence-electron chi connectivity index (χ1n) is 10.7. The summed E-state index contributed by atoms with van der Waals surface area (Å²) in [6.45, 7) is 15.5. The van der Waals surface area contributed by atoms with Crippen molar-refractivity contribution in [3.63, 3.8) is 0 Å². The van der Waals surface area contributed by atoms with Gasteiger partial charge in [-0.15, -0.1) is 0 Å². The maximum atomic E-state index is 13.3. The summed E-state index contributed by atoms with van der Waals surface area (Å²) < 4.78 is 39.1. The number of ether oxygens (including phenoxy) is 1. The molecule has 0 bridgehead atoms. The van der Waals surface area contributed by atoms with Crippen molar-refractivity contribution in [2.24, 2.45) is 0 Å². The van der Waals surface area contributed by atoms with Gasteiger partial charge in [0.2, 0.25) is 9.84 Å². The number of unbranched alkanes of at least 4 members (excludes halogenated alkanes) is 2. The highest BCUT2D eigenvalue weighted by atomic mass is 32.2. The van der Waals surface area contributed by atoms with Gasteiger partial charge in [0.1, 0.15) is 0 Å². The van der Waals surface area contributed by atoms with E-state index in [-0.39, 0.29) is 17.2 Å². The second kappa shape index (κ2) is 9.46. The summed E-state index contributed by atoms with van der Waals surface area (Å²) in [6, 6.07) is 7.06. The van der Waals surface area contributed by atoms with E-state index in [0.717, 1.165) is 31.2 Å². The lowest BCUT2D eigenvalue weighted by molar-refractivity contribution is 0.0231.